The molecule has 2 aromatic heterocycles. The highest BCUT2D eigenvalue weighted by Crippen LogP contribution is 2.25. The van der Waals surface area contributed by atoms with Gasteiger partial charge in [-0.2, -0.15) is 5.10 Å². The van der Waals surface area contributed by atoms with Gasteiger partial charge in [0.15, 0.2) is 0 Å². The van der Waals surface area contributed by atoms with E-state index >= 15 is 0 Å². The first-order chi connectivity index (χ1) is 13.4. The minimum Gasteiger partial charge on any atom is -0.352 e. The first kappa shape index (κ1) is 19.7. The number of benzene rings is 1. The van der Waals surface area contributed by atoms with E-state index in [1.165, 1.54) is 0 Å². The van der Waals surface area contributed by atoms with Crippen molar-refractivity contribution in [3.63, 3.8) is 0 Å². The molecule has 2 N–H and O–H groups in total. The van der Waals surface area contributed by atoms with Gasteiger partial charge in [0.2, 0.25) is 0 Å². The van der Waals surface area contributed by atoms with Crippen LogP contribution in [0.4, 0.5) is 0 Å². The third-order valence-corrected chi connectivity index (χ3v) is 5.02. The number of aromatic amines is 1. The van der Waals surface area contributed by atoms with Crippen molar-refractivity contribution in [1.29, 1.82) is 0 Å². The fourth-order valence-corrected chi connectivity index (χ4v) is 3.55. The Morgan fingerprint density at radius 3 is 2.54 bits per heavy atom. The predicted octanol–water partition coefficient (Wildman–Crippen LogP) is 3.64. The summed E-state index contributed by atoms with van der Waals surface area (Å²) in [6.07, 6.45) is 1.60. The van der Waals surface area contributed by atoms with Crippen LogP contribution in [0.15, 0.2) is 24.3 Å². The number of hydrogen-bond acceptors (Lipinski definition) is 4. The van der Waals surface area contributed by atoms with E-state index in [-0.39, 0.29) is 5.91 Å². The van der Waals surface area contributed by atoms with Crippen molar-refractivity contribution in [1.82, 2.24) is 25.5 Å². The molecule has 0 fully saturated rings. The van der Waals surface area contributed by atoms with Crippen molar-refractivity contribution in [3.8, 4) is 11.3 Å². The molecule has 3 aromatic rings. The fourth-order valence-electron chi connectivity index (χ4n) is 3.55. The highest BCUT2D eigenvalue weighted by Gasteiger charge is 2.13. The number of aromatic nitrogens is 4. The van der Waals surface area contributed by atoms with Crippen LogP contribution in [-0.4, -0.2) is 32.6 Å². The Balaban J connectivity index is 1.77. The number of carbonyl (C=O) groups is 1. The van der Waals surface area contributed by atoms with Gasteiger partial charge in [-0.1, -0.05) is 19.1 Å². The number of carbonyl (C=O) groups excluding carboxylic acids is 1. The first-order valence-corrected chi connectivity index (χ1v) is 9.63. The fraction of sp³-hybridized carbons (Fsp3) is 0.364. The second-order valence-electron chi connectivity index (χ2n) is 7.04. The number of aryl methyl sites for hydroxylation is 4. The summed E-state index contributed by atoms with van der Waals surface area (Å²) >= 11 is 0. The van der Waals surface area contributed by atoms with Crippen LogP contribution >= 0.6 is 0 Å². The van der Waals surface area contributed by atoms with E-state index in [2.05, 4.69) is 32.4 Å². The van der Waals surface area contributed by atoms with E-state index in [0.29, 0.717) is 12.1 Å². The van der Waals surface area contributed by atoms with Gasteiger partial charge in [0, 0.05) is 29.1 Å². The molecule has 0 radical (unpaired) electrons. The minimum absolute atomic E-state index is 0.0822. The maximum absolute atomic E-state index is 12.6. The molecule has 3 rings (SSSR count). The second kappa shape index (κ2) is 8.33. The van der Waals surface area contributed by atoms with Gasteiger partial charge in [0.1, 0.15) is 5.82 Å². The molecule has 28 heavy (non-hydrogen) atoms. The molecule has 2 heterocycles. The van der Waals surface area contributed by atoms with Gasteiger partial charge < -0.3 is 5.32 Å². The van der Waals surface area contributed by atoms with Gasteiger partial charge in [0.05, 0.1) is 11.4 Å². The smallest absolute Gasteiger partial charge is 0.251 e. The number of nitrogens with zero attached hydrogens (tertiary/aromatic N) is 3. The number of H-pyrrole nitrogens is 1. The lowest BCUT2D eigenvalue weighted by Crippen LogP contribution is -2.26. The third-order valence-electron chi connectivity index (χ3n) is 5.02. The van der Waals surface area contributed by atoms with Crippen LogP contribution in [0.3, 0.4) is 0 Å². The van der Waals surface area contributed by atoms with Crippen LogP contribution < -0.4 is 5.32 Å². The molecule has 0 aliphatic carbocycles. The van der Waals surface area contributed by atoms with Crippen LogP contribution in [0.25, 0.3) is 11.3 Å². The van der Waals surface area contributed by atoms with Crippen molar-refractivity contribution in [2.75, 3.05) is 6.54 Å². The third kappa shape index (κ3) is 4.11. The van der Waals surface area contributed by atoms with E-state index in [0.717, 1.165) is 58.1 Å². The van der Waals surface area contributed by atoms with E-state index in [9.17, 15) is 4.79 Å². The molecular formula is C22H27N5O. The van der Waals surface area contributed by atoms with Gasteiger partial charge in [0.25, 0.3) is 5.91 Å². The average molecular weight is 377 g/mol. The van der Waals surface area contributed by atoms with E-state index in [1.807, 2.05) is 52.0 Å². The lowest BCUT2D eigenvalue weighted by Gasteiger charge is -2.12. The van der Waals surface area contributed by atoms with Gasteiger partial charge in [-0.25, -0.2) is 9.97 Å². The van der Waals surface area contributed by atoms with Crippen LogP contribution in [-0.2, 0) is 12.8 Å². The zero-order valence-electron chi connectivity index (χ0n) is 17.2. The molecule has 0 saturated heterocycles. The Morgan fingerprint density at radius 1 is 1.07 bits per heavy atom. The molecule has 6 heteroatoms. The summed E-state index contributed by atoms with van der Waals surface area (Å²) in [5.41, 5.74) is 7.79. The quantitative estimate of drug-likeness (QED) is 0.687. The Labute approximate surface area is 165 Å². The van der Waals surface area contributed by atoms with Crippen molar-refractivity contribution in [3.05, 3.63) is 63.9 Å². The Morgan fingerprint density at radius 2 is 1.86 bits per heavy atom. The SMILES string of the molecule is CCc1c(C)nc(C)nc1-c1cccc(C(=O)NCCc2c(C)n[nH]c2C)c1. The van der Waals surface area contributed by atoms with Crippen molar-refractivity contribution in [2.24, 2.45) is 0 Å². The summed E-state index contributed by atoms with van der Waals surface area (Å²) in [6.45, 7) is 10.5. The summed E-state index contributed by atoms with van der Waals surface area (Å²) in [5.74, 6) is 0.659. The van der Waals surface area contributed by atoms with E-state index in [4.69, 9.17) is 0 Å². The molecule has 146 valence electrons. The normalized spacial score (nSPS) is 10.9. The number of rotatable bonds is 6. The zero-order chi connectivity index (χ0) is 20.3. The maximum Gasteiger partial charge on any atom is 0.251 e. The molecule has 1 aromatic carbocycles. The van der Waals surface area contributed by atoms with Crippen LogP contribution in [0.5, 0.6) is 0 Å². The van der Waals surface area contributed by atoms with E-state index < -0.39 is 0 Å². The van der Waals surface area contributed by atoms with Crippen LogP contribution in [0.1, 0.15) is 51.3 Å². The summed E-state index contributed by atoms with van der Waals surface area (Å²) in [6, 6.07) is 7.64. The summed E-state index contributed by atoms with van der Waals surface area (Å²) in [7, 11) is 0. The molecule has 0 bridgehead atoms. The molecule has 0 spiro atoms. The average Bonchev–Trinajstić information content (AvgIpc) is 2.99. The van der Waals surface area contributed by atoms with Crippen molar-refractivity contribution >= 4 is 5.91 Å². The van der Waals surface area contributed by atoms with Gasteiger partial charge in [-0.15, -0.1) is 0 Å². The van der Waals surface area contributed by atoms with E-state index in [1.54, 1.807) is 0 Å². The van der Waals surface area contributed by atoms with Gasteiger partial charge in [-0.3, -0.25) is 9.89 Å². The standard InChI is InChI=1S/C22H27N5O/c1-6-19-13(2)24-16(5)25-21(19)17-8-7-9-18(12-17)22(28)23-11-10-20-14(3)26-27-15(20)4/h7-9,12H,6,10-11H2,1-5H3,(H,23,28)(H,26,27). The lowest BCUT2D eigenvalue weighted by molar-refractivity contribution is 0.0954. The molecule has 0 aliphatic heterocycles. The van der Waals surface area contributed by atoms with Crippen LogP contribution in [0, 0.1) is 27.7 Å². The molecular weight excluding hydrogens is 350 g/mol. The molecule has 0 atom stereocenters. The minimum atomic E-state index is -0.0822. The molecule has 0 unspecified atom stereocenters. The largest absolute Gasteiger partial charge is 0.352 e. The Bertz CT molecular complexity index is 987. The Hall–Kier alpha value is -3.02. The highest BCUT2D eigenvalue weighted by molar-refractivity contribution is 5.95. The summed E-state index contributed by atoms with van der Waals surface area (Å²) < 4.78 is 0. The topological polar surface area (TPSA) is 83.6 Å². The highest BCUT2D eigenvalue weighted by atomic mass is 16.1. The number of nitrogens with one attached hydrogen (secondary N) is 2. The zero-order valence-corrected chi connectivity index (χ0v) is 17.2. The van der Waals surface area contributed by atoms with Crippen LogP contribution in [0.2, 0.25) is 0 Å². The van der Waals surface area contributed by atoms with Gasteiger partial charge >= 0.3 is 0 Å². The molecule has 0 saturated carbocycles. The van der Waals surface area contributed by atoms with Crippen molar-refractivity contribution < 1.29 is 4.79 Å². The summed E-state index contributed by atoms with van der Waals surface area (Å²) in [4.78, 5) is 21.8. The molecule has 6 nitrogen and oxygen atoms in total. The predicted molar refractivity (Wildman–Crippen MR) is 110 cm³/mol. The van der Waals surface area contributed by atoms with Gasteiger partial charge in [-0.05, 0) is 63.8 Å². The second-order valence-corrected chi connectivity index (χ2v) is 7.04. The molecule has 1 amide bonds. The maximum atomic E-state index is 12.6. The summed E-state index contributed by atoms with van der Waals surface area (Å²) in [5, 5.41) is 10.2. The lowest BCUT2D eigenvalue weighted by atomic mass is 10.0. The Kier molecular flexibility index (Phi) is 5.87. The first-order valence-electron chi connectivity index (χ1n) is 9.63. The monoisotopic (exact) mass is 377 g/mol. The number of amides is 1. The van der Waals surface area contributed by atoms with Crippen molar-refractivity contribution in [2.45, 2.75) is 47.5 Å². The molecule has 0 aliphatic rings. The number of hydrogen-bond donors (Lipinski definition) is 2.